The summed E-state index contributed by atoms with van der Waals surface area (Å²) in [4.78, 5) is 29.6. The quantitative estimate of drug-likeness (QED) is 0.819. The van der Waals surface area contributed by atoms with Gasteiger partial charge in [-0.25, -0.2) is 0 Å². The van der Waals surface area contributed by atoms with Gasteiger partial charge >= 0.3 is 0 Å². The van der Waals surface area contributed by atoms with Crippen LogP contribution in [-0.2, 0) is 16.1 Å². The molecule has 28 heavy (non-hydrogen) atoms. The molecule has 2 fully saturated rings. The number of rotatable bonds is 6. The van der Waals surface area contributed by atoms with Crippen LogP contribution >= 0.6 is 0 Å². The van der Waals surface area contributed by atoms with Gasteiger partial charge < -0.3 is 10.2 Å². The second-order valence-corrected chi connectivity index (χ2v) is 8.77. The Labute approximate surface area is 169 Å². The van der Waals surface area contributed by atoms with E-state index in [2.05, 4.69) is 48.3 Å². The van der Waals surface area contributed by atoms with Crippen molar-refractivity contribution in [2.75, 3.05) is 32.7 Å². The van der Waals surface area contributed by atoms with E-state index in [0.29, 0.717) is 11.8 Å². The number of hydrogen-bond acceptors (Lipinski definition) is 3. The molecular weight excluding hydrogens is 350 g/mol. The summed E-state index contributed by atoms with van der Waals surface area (Å²) in [5, 5.41) is 3.04. The molecule has 0 atom stereocenters. The number of amides is 2. The standard InChI is InChI=1S/C23H35N3O2/c1-18(2)16-24-22(27)20-8-10-21(11-9-20)23(28)26-14-12-25(13-15-26)17-19-6-4-3-5-7-19/h3-7,18,20-21H,8-17H2,1-2H3,(H,24,27). The Bertz CT molecular complexity index is 631. The molecule has 2 amide bonds. The zero-order valence-electron chi connectivity index (χ0n) is 17.4. The fourth-order valence-corrected chi connectivity index (χ4v) is 4.28. The fraction of sp³-hybridized carbons (Fsp3) is 0.652. The number of piperazine rings is 1. The average Bonchev–Trinajstić information content (AvgIpc) is 2.73. The van der Waals surface area contributed by atoms with Gasteiger partial charge in [-0.2, -0.15) is 0 Å². The molecule has 1 aromatic carbocycles. The van der Waals surface area contributed by atoms with Crippen molar-refractivity contribution in [1.82, 2.24) is 15.1 Å². The van der Waals surface area contributed by atoms with E-state index in [0.717, 1.165) is 65.0 Å². The molecule has 3 rings (SSSR count). The molecule has 2 aliphatic rings. The third-order valence-electron chi connectivity index (χ3n) is 6.06. The average molecular weight is 386 g/mol. The number of nitrogens with one attached hydrogen (secondary N) is 1. The van der Waals surface area contributed by atoms with E-state index in [9.17, 15) is 9.59 Å². The highest BCUT2D eigenvalue weighted by atomic mass is 16.2. The molecule has 5 heteroatoms. The monoisotopic (exact) mass is 385 g/mol. The summed E-state index contributed by atoms with van der Waals surface area (Å²) >= 11 is 0. The lowest BCUT2D eigenvalue weighted by atomic mass is 9.80. The van der Waals surface area contributed by atoms with E-state index in [1.807, 2.05) is 11.0 Å². The van der Waals surface area contributed by atoms with Gasteiger partial charge in [0.15, 0.2) is 0 Å². The summed E-state index contributed by atoms with van der Waals surface area (Å²) in [7, 11) is 0. The normalized spacial score (nSPS) is 23.6. The van der Waals surface area contributed by atoms with E-state index < -0.39 is 0 Å². The summed E-state index contributed by atoms with van der Waals surface area (Å²) in [6, 6.07) is 10.5. The van der Waals surface area contributed by atoms with E-state index in [4.69, 9.17) is 0 Å². The van der Waals surface area contributed by atoms with Crippen LogP contribution in [0.25, 0.3) is 0 Å². The van der Waals surface area contributed by atoms with Crippen molar-refractivity contribution < 1.29 is 9.59 Å². The number of carbonyl (C=O) groups is 2. The topological polar surface area (TPSA) is 52.7 Å². The maximum Gasteiger partial charge on any atom is 0.225 e. The molecule has 0 spiro atoms. The van der Waals surface area contributed by atoms with Gasteiger partial charge in [0.2, 0.25) is 11.8 Å². The van der Waals surface area contributed by atoms with Crippen molar-refractivity contribution in [2.45, 2.75) is 46.1 Å². The van der Waals surface area contributed by atoms with Crippen molar-refractivity contribution in [1.29, 1.82) is 0 Å². The molecule has 1 N–H and O–H groups in total. The summed E-state index contributed by atoms with van der Waals surface area (Å²) < 4.78 is 0. The second-order valence-electron chi connectivity index (χ2n) is 8.77. The van der Waals surface area contributed by atoms with Crippen LogP contribution in [-0.4, -0.2) is 54.3 Å². The van der Waals surface area contributed by atoms with Gasteiger partial charge in [-0.1, -0.05) is 44.2 Å². The van der Waals surface area contributed by atoms with Crippen LogP contribution in [0.3, 0.4) is 0 Å². The molecule has 0 aromatic heterocycles. The molecule has 0 unspecified atom stereocenters. The summed E-state index contributed by atoms with van der Waals surface area (Å²) in [5.41, 5.74) is 1.33. The highest BCUT2D eigenvalue weighted by Crippen LogP contribution is 2.30. The highest BCUT2D eigenvalue weighted by molar-refractivity contribution is 5.81. The van der Waals surface area contributed by atoms with Crippen molar-refractivity contribution in [2.24, 2.45) is 17.8 Å². The predicted molar refractivity (Wildman–Crippen MR) is 112 cm³/mol. The zero-order valence-corrected chi connectivity index (χ0v) is 17.4. The number of benzene rings is 1. The van der Waals surface area contributed by atoms with Crippen LogP contribution in [0.4, 0.5) is 0 Å². The molecule has 1 heterocycles. The summed E-state index contributed by atoms with van der Waals surface area (Å²) in [6.45, 7) is 9.43. The van der Waals surface area contributed by atoms with Gasteiger partial charge in [0.25, 0.3) is 0 Å². The molecule has 1 aromatic rings. The number of carbonyl (C=O) groups excluding carboxylic acids is 2. The van der Waals surface area contributed by atoms with Gasteiger partial charge in [0.1, 0.15) is 0 Å². The third-order valence-corrected chi connectivity index (χ3v) is 6.06. The highest BCUT2D eigenvalue weighted by Gasteiger charge is 2.33. The Morgan fingerprint density at radius 1 is 0.964 bits per heavy atom. The SMILES string of the molecule is CC(C)CNC(=O)C1CCC(C(=O)N2CCN(Cc3ccccc3)CC2)CC1. The summed E-state index contributed by atoms with van der Waals surface area (Å²) in [5.74, 6) is 1.15. The van der Waals surface area contributed by atoms with Crippen LogP contribution in [0.2, 0.25) is 0 Å². The van der Waals surface area contributed by atoms with E-state index >= 15 is 0 Å². The molecule has 1 saturated heterocycles. The molecule has 5 nitrogen and oxygen atoms in total. The fourth-order valence-electron chi connectivity index (χ4n) is 4.28. The van der Waals surface area contributed by atoms with Gasteiger partial charge in [-0.15, -0.1) is 0 Å². The van der Waals surface area contributed by atoms with E-state index in [1.165, 1.54) is 5.56 Å². The Morgan fingerprint density at radius 2 is 1.57 bits per heavy atom. The van der Waals surface area contributed by atoms with Crippen molar-refractivity contribution in [3.05, 3.63) is 35.9 Å². The largest absolute Gasteiger partial charge is 0.356 e. The zero-order chi connectivity index (χ0) is 19.9. The number of hydrogen-bond donors (Lipinski definition) is 1. The molecule has 0 bridgehead atoms. The third kappa shape index (κ3) is 5.81. The second kappa shape index (κ2) is 10.1. The van der Waals surface area contributed by atoms with Crippen LogP contribution in [0.5, 0.6) is 0 Å². The van der Waals surface area contributed by atoms with Gasteiger partial charge in [-0.3, -0.25) is 14.5 Å². The van der Waals surface area contributed by atoms with Crippen LogP contribution < -0.4 is 5.32 Å². The first-order valence-corrected chi connectivity index (χ1v) is 10.9. The van der Waals surface area contributed by atoms with E-state index in [1.54, 1.807) is 0 Å². The summed E-state index contributed by atoms with van der Waals surface area (Å²) in [6.07, 6.45) is 3.38. The molecule has 1 aliphatic heterocycles. The molecule has 1 saturated carbocycles. The van der Waals surface area contributed by atoms with Crippen LogP contribution in [0, 0.1) is 17.8 Å². The molecular formula is C23H35N3O2. The van der Waals surface area contributed by atoms with Gasteiger partial charge in [-0.05, 0) is 37.2 Å². The molecule has 1 aliphatic carbocycles. The predicted octanol–water partition coefficient (Wildman–Crippen LogP) is 2.91. The lowest BCUT2D eigenvalue weighted by Gasteiger charge is -2.37. The first-order chi connectivity index (χ1) is 13.5. The Balaban J connectivity index is 1.39. The minimum absolute atomic E-state index is 0.0884. The minimum Gasteiger partial charge on any atom is -0.356 e. The first-order valence-electron chi connectivity index (χ1n) is 10.9. The Morgan fingerprint density at radius 3 is 2.18 bits per heavy atom. The maximum atomic E-state index is 12.9. The van der Waals surface area contributed by atoms with Crippen molar-refractivity contribution >= 4 is 11.8 Å². The van der Waals surface area contributed by atoms with Crippen molar-refractivity contribution in [3.63, 3.8) is 0 Å². The smallest absolute Gasteiger partial charge is 0.225 e. The van der Waals surface area contributed by atoms with Gasteiger partial charge in [0, 0.05) is 51.1 Å². The molecule has 0 radical (unpaired) electrons. The van der Waals surface area contributed by atoms with Crippen LogP contribution in [0.1, 0.15) is 45.1 Å². The Kier molecular flexibility index (Phi) is 7.49. The Hall–Kier alpha value is -1.88. The maximum absolute atomic E-state index is 12.9. The van der Waals surface area contributed by atoms with Gasteiger partial charge in [0.05, 0.1) is 0 Å². The number of nitrogens with zero attached hydrogens (tertiary/aromatic N) is 2. The lowest BCUT2D eigenvalue weighted by molar-refractivity contribution is -0.140. The minimum atomic E-state index is 0.0884. The lowest BCUT2D eigenvalue weighted by Crippen LogP contribution is -2.50. The van der Waals surface area contributed by atoms with Crippen LogP contribution in [0.15, 0.2) is 30.3 Å². The van der Waals surface area contributed by atoms with E-state index in [-0.39, 0.29) is 17.7 Å². The first kappa shape index (κ1) is 20.8. The van der Waals surface area contributed by atoms with Crippen molar-refractivity contribution in [3.8, 4) is 0 Å². The molecule has 154 valence electrons.